The van der Waals surface area contributed by atoms with E-state index in [1.807, 2.05) is 19.1 Å². The van der Waals surface area contributed by atoms with Gasteiger partial charge in [0, 0.05) is 6.04 Å². The van der Waals surface area contributed by atoms with E-state index in [-0.39, 0.29) is 6.04 Å². The minimum absolute atomic E-state index is 0.216. The Bertz CT molecular complexity index is 279. The Hall–Kier alpha value is -0.860. The van der Waals surface area contributed by atoms with Gasteiger partial charge in [0.05, 0.1) is 6.10 Å². The van der Waals surface area contributed by atoms with Crippen LogP contribution in [-0.2, 0) is 6.42 Å². The molecule has 1 aromatic carbocycles. The Labute approximate surface area is 92.1 Å². The molecule has 84 valence electrons. The predicted molar refractivity (Wildman–Crippen MR) is 63.7 cm³/mol. The molecular weight excluding hydrogens is 186 g/mol. The molecule has 0 unspecified atom stereocenters. The van der Waals surface area contributed by atoms with Crippen molar-refractivity contribution < 1.29 is 5.11 Å². The van der Waals surface area contributed by atoms with Crippen molar-refractivity contribution in [2.45, 2.75) is 45.3 Å². The summed E-state index contributed by atoms with van der Waals surface area (Å²) in [5, 5.41) is 9.74. The first-order chi connectivity index (χ1) is 7.15. The molecule has 1 rings (SSSR count). The summed E-state index contributed by atoms with van der Waals surface area (Å²) in [6, 6.07) is 7.89. The van der Waals surface area contributed by atoms with Crippen LogP contribution in [0.5, 0.6) is 0 Å². The fourth-order valence-corrected chi connectivity index (χ4v) is 1.57. The molecule has 3 N–H and O–H groups in total. The maximum atomic E-state index is 9.74. The van der Waals surface area contributed by atoms with Crippen LogP contribution in [-0.4, -0.2) is 11.1 Å². The molecule has 0 aliphatic heterocycles. The summed E-state index contributed by atoms with van der Waals surface area (Å²) >= 11 is 0. The summed E-state index contributed by atoms with van der Waals surface area (Å²) < 4.78 is 0. The van der Waals surface area contributed by atoms with Gasteiger partial charge >= 0.3 is 0 Å². The van der Waals surface area contributed by atoms with Crippen molar-refractivity contribution in [3.05, 3.63) is 35.4 Å². The average Bonchev–Trinajstić information content (AvgIpc) is 2.26. The van der Waals surface area contributed by atoms with E-state index in [4.69, 9.17) is 5.73 Å². The third kappa shape index (κ3) is 3.65. The van der Waals surface area contributed by atoms with E-state index in [9.17, 15) is 5.11 Å². The number of aliphatic hydroxyl groups excluding tert-OH is 1. The molecule has 1 aromatic rings. The van der Waals surface area contributed by atoms with Crippen molar-refractivity contribution in [1.29, 1.82) is 0 Å². The van der Waals surface area contributed by atoms with E-state index in [1.54, 1.807) is 0 Å². The van der Waals surface area contributed by atoms with Crippen LogP contribution in [0.15, 0.2) is 24.3 Å². The van der Waals surface area contributed by atoms with Gasteiger partial charge in [-0.1, -0.05) is 37.6 Å². The molecule has 2 heteroatoms. The quantitative estimate of drug-likeness (QED) is 0.779. The maximum absolute atomic E-state index is 9.74. The molecule has 0 amide bonds. The standard InChI is InChI=1S/C13H21NO/c1-3-4-5-11-6-8-12(9-7-11)13(15)10(2)14/h6-10,13,15H,3-5,14H2,1-2H3/t10-,13-/m0/s1. The number of nitrogens with two attached hydrogens (primary N) is 1. The van der Waals surface area contributed by atoms with E-state index in [2.05, 4.69) is 19.1 Å². The number of benzene rings is 1. The molecule has 0 radical (unpaired) electrons. The van der Waals surface area contributed by atoms with Gasteiger partial charge in [-0.25, -0.2) is 0 Å². The van der Waals surface area contributed by atoms with Crippen LogP contribution in [0.1, 0.15) is 43.9 Å². The van der Waals surface area contributed by atoms with Crippen LogP contribution in [0.2, 0.25) is 0 Å². The van der Waals surface area contributed by atoms with E-state index < -0.39 is 6.10 Å². The number of unbranched alkanes of at least 4 members (excludes halogenated alkanes) is 1. The lowest BCUT2D eigenvalue weighted by atomic mass is 10.0. The summed E-state index contributed by atoms with van der Waals surface area (Å²) in [7, 11) is 0. The zero-order valence-electron chi connectivity index (χ0n) is 9.61. The van der Waals surface area contributed by atoms with Crippen molar-refractivity contribution in [1.82, 2.24) is 0 Å². The normalized spacial score (nSPS) is 14.9. The molecule has 0 aromatic heterocycles. The van der Waals surface area contributed by atoms with E-state index >= 15 is 0 Å². The summed E-state index contributed by atoms with van der Waals surface area (Å²) in [6.07, 6.45) is 3.00. The van der Waals surface area contributed by atoms with E-state index in [0.717, 1.165) is 12.0 Å². The monoisotopic (exact) mass is 207 g/mol. The Balaban J connectivity index is 2.63. The van der Waals surface area contributed by atoms with Gasteiger partial charge < -0.3 is 10.8 Å². The summed E-state index contributed by atoms with van der Waals surface area (Å²) in [5.74, 6) is 0. The molecule has 0 aliphatic rings. The maximum Gasteiger partial charge on any atom is 0.0938 e. The second kappa shape index (κ2) is 5.89. The molecule has 15 heavy (non-hydrogen) atoms. The molecule has 2 nitrogen and oxygen atoms in total. The number of hydrogen-bond acceptors (Lipinski definition) is 2. The molecule has 0 spiro atoms. The molecule has 0 saturated heterocycles. The number of rotatable bonds is 5. The lowest BCUT2D eigenvalue weighted by Crippen LogP contribution is -2.24. The molecular formula is C13H21NO. The Morgan fingerprint density at radius 2 is 1.87 bits per heavy atom. The van der Waals surface area contributed by atoms with Gasteiger partial charge in [-0.2, -0.15) is 0 Å². The Morgan fingerprint density at radius 3 is 2.33 bits per heavy atom. The highest BCUT2D eigenvalue weighted by Gasteiger charge is 2.11. The second-order valence-corrected chi connectivity index (χ2v) is 4.15. The molecule has 2 atom stereocenters. The predicted octanol–water partition coefficient (Wildman–Crippen LogP) is 2.41. The third-order valence-corrected chi connectivity index (χ3v) is 2.64. The fraction of sp³-hybridized carbons (Fsp3) is 0.538. The van der Waals surface area contributed by atoms with Crippen molar-refractivity contribution >= 4 is 0 Å². The SMILES string of the molecule is CCCCc1ccc([C@@H](O)[C@H](C)N)cc1. The van der Waals surface area contributed by atoms with Crippen molar-refractivity contribution in [3.8, 4) is 0 Å². The van der Waals surface area contributed by atoms with Crippen LogP contribution in [0.3, 0.4) is 0 Å². The zero-order chi connectivity index (χ0) is 11.3. The van der Waals surface area contributed by atoms with Gasteiger partial charge in [-0.15, -0.1) is 0 Å². The molecule has 0 bridgehead atoms. The fourth-order valence-electron chi connectivity index (χ4n) is 1.57. The smallest absolute Gasteiger partial charge is 0.0938 e. The lowest BCUT2D eigenvalue weighted by Gasteiger charge is -2.15. The lowest BCUT2D eigenvalue weighted by molar-refractivity contribution is 0.153. The second-order valence-electron chi connectivity index (χ2n) is 4.15. The number of hydrogen-bond donors (Lipinski definition) is 2. The summed E-state index contributed by atoms with van der Waals surface area (Å²) in [6.45, 7) is 4.00. The first kappa shape index (κ1) is 12.2. The first-order valence-electron chi connectivity index (χ1n) is 5.67. The van der Waals surface area contributed by atoms with Crippen LogP contribution < -0.4 is 5.73 Å². The highest BCUT2D eigenvalue weighted by molar-refractivity contribution is 5.24. The van der Waals surface area contributed by atoms with Crippen LogP contribution in [0.25, 0.3) is 0 Å². The van der Waals surface area contributed by atoms with Crippen molar-refractivity contribution in [2.24, 2.45) is 5.73 Å². The van der Waals surface area contributed by atoms with Gasteiger partial charge in [-0.05, 0) is 30.9 Å². The van der Waals surface area contributed by atoms with E-state index in [1.165, 1.54) is 18.4 Å². The average molecular weight is 207 g/mol. The van der Waals surface area contributed by atoms with Gasteiger partial charge in [0.2, 0.25) is 0 Å². The first-order valence-corrected chi connectivity index (χ1v) is 5.67. The minimum atomic E-state index is -0.551. The Morgan fingerprint density at radius 1 is 1.27 bits per heavy atom. The number of aryl methyl sites for hydroxylation is 1. The van der Waals surface area contributed by atoms with Crippen LogP contribution in [0.4, 0.5) is 0 Å². The van der Waals surface area contributed by atoms with Crippen molar-refractivity contribution in [3.63, 3.8) is 0 Å². The van der Waals surface area contributed by atoms with Crippen molar-refractivity contribution in [2.75, 3.05) is 0 Å². The zero-order valence-corrected chi connectivity index (χ0v) is 9.61. The van der Waals surface area contributed by atoms with Crippen LogP contribution in [0, 0.1) is 0 Å². The molecule has 0 aliphatic carbocycles. The summed E-state index contributed by atoms with van der Waals surface area (Å²) in [4.78, 5) is 0. The van der Waals surface area contributed by atoms with Gasteiger partial charge in [0.25, 0.3) is 0 Å². The van der Waals surface area contributed by atoms with Gasteiger partial charge in [0.1, 0.15) is 0 Å². The van der Waals surface area contributed by atoms with E-state index in [0.29, 0.717) is 0 Å². The molecule has 0 heterocycles. The number of aliphatic hydroxyl groups is 1. The topological polar surface area (TPSA) is 46.2 Å². The third-order valence-electron chi connectivity index (χ3n) is 2.64. The van der Waals surface area contributed by atoms with Crippen LogP contribution >= 0.6 is 0 Å². The highest BCUT2D eigenvalue weighted by atomic mass is 16.3. The minimum Gasteiger partial charge on any atom is -0.387 e. The van der Waals surface area contributed by atoms with Gasteiger partial charge in [-0.3, -0.25) is 0 Å². The van der Waals surface area contributed by atoms with Gasteiger partial charge in [0.15, 0.2) is 0 Å². The highest BCUT2D eigenvalue weighted by Crippen LogP contribution is 2.16. The largest absolute Gasteiger partial charge is 0.387 e. The molecule has 0 fully saturated rings. The summed E-state index contributed by atoms with van der Waals surface area (Å²) in [5.41, 5.74) is 7.87. The molecule has 0 saturated carbocycles. The Kier molecular flexibility index (Phi) is 4.79.